The summed E-state index contributed by atoms with van der Waals surface area (Å²) in [4.78, 5) is 14.5. The van der Waals surface area contributed by atoms with E-state index in [1.54, 1.807) is 7.11 Å². The summed E-state index contributed by atoms with van der Waals surface area (Å²) in [7, 11) is 3.63. The molecule has 0 aliphatic heterocycles. The lowest BCUT2D eigenvalue weighted by Gasteiger charge is -2.11. The monoisotopic (exact) mass is 349 g/mol. The van der Waals surface area contributed by atoms with E-state index in [-0.39, 0.29) is 0 Å². The first kappa shape index (κ1) is 16.3. The summed E-state index contributed by atoms with van der Waals surface area (Å²) >= 11 is 0. The van der Waals surface area contributed by atoms with E-state index in [2.05, 4.69) is 25.0 Å². The number of hydrogen-bond donors (Lipinski definition) is 1. The van der Waals surface area contributed by atoms with E-state index in [9.17, 15) is 0 Å². The van der Waals surface area contributed by atoms with Crippen LogP contribution in [0.3, 0.4) is 0 Å². The first-order chi connectivity index (χ1) is 12.7. The number of ether oxygens (including phenoxy) is 1. The number of methoxy groups -OCH3 is 1. The number of H-pyrrole nitrogens is 1. The van der Waals surface area contributed by atoms with Gasteiger partial charge < -0.3 is 14.2 Å². The van der Waals surface area contributed by atoms with E-state index in [4.69, 9.17) is 9.26 Å². The first-order valence-electron chi connectivity index (χ1n) is 8.30. The topological polar surface area (TPSA) is 80.1 Å². The van der Waals surface area contributed by atoms with Crippen LogP contribution in [-0.2, 0) is 13.1 Å². The van der Waals surface area contributed by atoms with Crippen molar-refractivity contribution in [1.29, 1.82) is 0 Å². The number of benzene rings is 2. The molecular formula is C19H19N5O2. The van der Waals surface area contributed by atoms with Crippen LogP contribution in [0.1, 0.15) is 11.7 Å². The Balaban J connectivity index is 1.42. The molecule has 0 spiro atoms. The lowest BCUT2D eigenvalue weighted by atomic mass is 10.2. The molecule has 26 heavy (non-hydrogen) atoms. The van der Waals surface area contributed by atoms with Crippen LogP contribution in [0.2, 0.25) is 0 Å². The number of nitrogens with zero attached hydrogens (tertiary/aromatic N) is 4. The number of nitrogens with one attached hydrogen (secondary N) is 1. The second kappa shape index (κ2) is 6.97. The number of aromatic nitrogens is 4. The number of imidazole rings is 1. The minimum atomic E-state index is 0.542. The van der Waals surface area contributed by atoms with Crippen molar-refractivity contribution in [3.05, 3.63) is 60.2 Å². The van der Waals surface area contributed by atoms with Crippen molar-refractivity contribution in [2.24, 2.45) is 0 Å². The highest BCUT2D eigenvalue weighted by Gasteiger charge is 2.12. The van der Waals surface area contributed by atoms with Gasteiger partial charge in [0.25, 0.3) is 0 Å². The van der Waals surface area contributed by atoms with Crippen molar-refractivity contribution in [1.82, 2.24) is 25.0 Å². The molecule has 0 unspecified atom stereocenters. The fraction of sp³-hybridized carbons (Fsp3) is 0.211. The lowest BCUT2D eigenvalue weighted by Crippen LogP contribution is -2.18. The van der Waals surface area contributed by atoms with E-state index in [1.807, 2.05) is 55.6 Å². The van der Waals surface area contributed by atoms with Gasteiger partial charge in [0.05, 0.1) is 31.2 Å². The summed E-state index contributed by atoms with van der Waals surface area (Å²) in [5, 5.41) is 4.06. The molecule has 0 aliphatic carbocycles. The molecule has 7 nitrogen and oxygen atoms in total. The molecule has 7 heteroatoms. The van der Waals surface area contributed by atoms with Crippen molar-refractivity contribution in [3.8, 4) is 17.1 Å². The highest BCUT2D eigenvalue weighted by atomic mass is 16.5. The van der Waals surface area contributed by atoms with Crippen molar-refractivity contribution < 1.29 is 9.26 Å². The van der Waals surface area contributed by atoms with Gasteiger partial charge in [-0.2, -0.15) is 4.98 Å². The average Bonchev–Trinajstić information content (AvgIpc) is 3.28. The lowest BCUT2D eigenvalue weighted by molar-refractivity contribution is 0.257. The molecule has 4 aromatic rings. The Bertz CT molecular complexity index is 973. The van der Waals surface area contributed by atoms with Crippen LogP contribution in [0.5, 0.6) is 5.75 Å². The van der Waals surface area contributed by atoms with Crippen LogP contribution < -0.4 is 4.74 Å². The predicted molar refractivity (Wildman–Crippen MR) is 97.6 cm³/mol. The van der Waals surface area contributed by atoms with Crippen LogP contribution in [0.4, 0.5) is 0 Å². The van der Waals surface area contributed by atoms with Crippen molar-refractivity contribution in [2.45, 2.75) is 13.1 Å². The minimum absolute atomic E-state index is 0.542. The second-order valence-electron chi connectivity index (χ2n) is 6.11. The Morgan fingerprint density at radius 2 is 1.85 bits per heavy atom. The SMILES string of the molecule is COc1ccc(-c2noc(CN(C)Cc3nc4ccccc4[nH]3)n2)cc1. The van der Waals surface area contributed by atoms with Gasteiger partial charge in [-0.3, -0.25) is 4.90 Å². The Kier molecular flexibility index (Phi) is 4.37. The standard InChI is InChI=1S/C19H19N5O2/c1-24(11-17-20-15-5-3-4-6-16(15)21-17)12-18-22-19(23-26-18)13-7-9-14(25-2)10-8-13/h3-10H,11-12H2,1-2H3,(H,20,21). The molecule has 0 fully saturated rings. The Morgan fingerprint density at radius 3 is 2.62 bits per heavy atom. The van der Waals surface area contributed by atoms with Gasteiger partial charge in [-0.1, -0.05) is 17.3 Å². The molecule has 0 bridgehead atoms. The maximum Gasteiger partial charge on any atom is 0.241 e. The number of rotatable bonds is 6. The molecule has 2 aromatic carbocycles. The predicted octanol–water partition coefficient (Wildman–Crippen LogP) is 3.25. The molecule has 1 N–H and O–H groups in total. The summed E-state index contributed by atoms with van der Waals surface area (Å²) < 4.78 is 10.5. The zero-order valence-electron chi connectivity index (χ0n) is 14.6. The largest absolute Gasteiger partial charge is 0.497 e. The molecule has 0 aliphatic rings. The van der Waals surface area contributed by atoms with Gasteiger partial charge in [0.2, 0.25) is 11.7 Å². The molecule has 0 radical (unpaired) electrons. The van der Waals surface area contributed by atoms with E-state index in [0.717, 1.165) is 28.2 Å². The fourth-order valence-electron chi connectivity index (χ4n) is 2.80. The third kappa shape index (κ3) is 3.43. The molecule has 0 atom stereocenters. The maximum atomic E-state index is 5.38. The zero-order chi connectivity index (χ0) is 17.9. The van der Waals surface area contributed by atoms with Crippen LogP contribution in [0.25, 0.3) is 22.4 Å². The molecule has 0 saturated heterocycles. The second-order valence-corrected chi connectivity index (χ2v) is 6.11. The average molecular weight is 349 g/mol. The number of fused-ring (bicyclic) bond motifs is 1. The third-order valence-electron chi connectivity index (χ3n) is 4.08. The highest BCUT2D eigenvalue weighted by molar-refractivity contribution is 5.74. The van der Waals surface area contributed by atoms with Crippen LogP contribution >= 0.6 is 0 Å². The molecule has 0 saturated carbocycles. The van der Waals surface area contributed by atoms with E-state index >= 15 is 0 Å². The smallest absolute Gasteiger partial charge is 0.241 e. The van der Waals surface area contributed by atoms with Gasteiger partial charge in [-0.25, -0.2) is 4.98 Å². The first-order valence-corrected chi connectivity index (χ1v) is 8.30. The Hall–Kier alpha value is -3.19. The number of para-hydroxylation sites is 2. The molecule has 2 heterocycles. The molecule has 4 rings (SSSR count). The van der Waals surface area contributed by atoms with Gasteiger partial charge in [0, 0.05) is 5.56 Å². The van der Waals surface area contributed by atoms with E-state index in [0.29, 0.717) is 24.8 Å². The highest BCUT2D eigenvalue weighted by Crippen LogP contribution is 2.20. The molecule has 132 valence electrons. The van der Waals surface area contributed by atoms with Gasteiger partial charge in [0.1, 0.15) is 11.6 Å². The van der Waals surface area contributed by atoms with Gasteiger partial charge >= 0.3 is 0 Å². The third-order valence-corrected chi connectivity index (χ3v) is 4.08. The summed E-state index contributed by atoms with van der Waals surface area (Å²) in [5.74, 6) is 2.83. The maximum absolute atomic E-state index is 5.38. The van der Waals surface area contributed by atoms with Crippen molar-refractivity contribution >= 4 is 11.0 Å². The van der Waals surface area contributed by atoms with Crippen molar-refractivity contribution in [2.75, 3.05) is 14.2 Å². The zero-order valence-corrected chi connectivity index (χ0v) is 14.6. The van der Waals surface area contributed by atoms with Crippen LogP contribution in [0, 0.1) is 0 Å². The number of aromatic amines is 1. The van der Waals surface area contributed by atoms with E-state index < -0.39 is 0 Å². The van der Waals surface area contributed by atoms with Gasteiger partial charge in [-0.05, 0) is 43.4 Å². The Morgan fingerprint density at radius 1 is 1.04 bits per heavy atom. The van der Waals surface area contributed by atoms with Crippen LogP contribution in [0.15, 0.2) is 53.1 Å². The van der Waals surface area contributed by atoms with Crippen molar-refractivity contribution in [3.63, 3.8) is 0 Å². The van der Waals surface area contributed by atoms with E-state index in [1.165, 1.54) is 0 Å². The summed E-state index contributed by atoms with van der Waals surface area (Å²) in [6.45, 7) is 1.20. The van der Waals surface area contributed by atoms with Gasteiger partial charge in [0.15, 0.2) is 0 Å². The summed E-state index contributed by atoms with van der Waals surface area (Å²) in [6.07, 6.45) is 0. The van der Waals surface area contributed by atoms with Crippen LogP contribution in [-0.4, -0.2) is 39.2 Å². The normalized spacial score (nSPS) is 11.3. The van der Waals surface area contributed by atoms with Gasteiger partial charge in [-0.15, -0.1) is 0 Å². The number of hydrogen-bond acceptors (Lipinski definition) is 6. The molecule has 2 aromatic heterocycles. The Labute approximate surface area is 150 Å². The minimum Gasteiger partial charge on any atom is -0.497 e. The summed E-state index contributed by atoms with van der Waals surface area (Å²) in [6, 6.07) is 15.6. The quantitative estimate of drug-likeness (QED) is 0.575. The fourth-order valence-corrected chi connectivity index (χ4v) is 2.80. The molecule has 0 amide bonds. The molecular weight excluding hydrogens is 330 g/mol. The summed E-state index contributed by atoms with van der Waals surface area (Å²) in [5.41, 5.74) is 2.90.